The highest BCUT2D eigenvalue weighted by atomic mass is 19.4. The van der Waals surface area contributed by atoms with Gasteiger partial charge in [-0.05, 0) is 18.6 Å². The van der Waals surface area contributed by atoms with Gasteiger partial charge in [0.15, 0.2) is 18.1 Å². The second kappa shape index (κ2) is 4.38. The predicted molar refractivity (Wildman–Crippen MR) is 47.5 cm³/mol. The number of carbonyl (C=O) groups is 1. The lowest BCUT2D eigenvalue weighted by Crippen LogP contribution is -2.20. The van der Waals surface area contributed by atoms with E-state index in [-0.39, 0.29) is 5.75 Å². The van der Waals surface area contributed by atoms with E-state index in [1.54, 1.807) is 6.92 Å². The fourth-order valence-corrected chi connectivity index (χ4v) is 0.973. The molecule has 0 amide bonds. The molecule has 16 heavy (non-hydrogen) atoms. The summed E-state index contributed by atoms with van der Waals surface area (Å²) in [7, 11) is 0. The monoisotopic (exact) mass is 235 g/mol. The number of aryl methyl sites for hydroxylation is 1. The minimum absolute atomic E-state index is 0.384. The SMILES string of the molecule is Cc1cnc(C(=O)O)c(OCC(F)(F)F)c1. The molecule has 0 fully saturated rings. The summed E-state index contributed by atoms with van der Waals surface area (Å²) < 4.78 is 40.0. The Morgan fingerprint density at radius 3 is 2.69 bits per heavy atom. The minimum atomic E-state index is -4.51. The summed E-state index contributed by atoms with van der Waals surface area (Å²) in [6.45, 7) is 0.0253. The van der Waals surface area contributed by atoms with Gasteiger partial charge in [0.1, 0.15) is 0 Å². The Hall–Kier alpha value is -1.79. The van der Waals surface area contributed by atoms with Crippen LogP contribution in [0.15, 0.2) is 12.3 Å². The van der Waals surface area contributed by atoms with Gasteiger partial charge >= 0.3 is 12.1 Å². The molecule has 0 unspecified atom stereocenters. The highest BCUT2D eigenvalue weighted by Gasteiger charge is 2.29. The first-order valence-corrected chi connectivity index (χ1v) is 4.19. The zero-order chi connectivity index (χ0) is 12.3. The van der Waals surface area contributed by atoms with Crippen molar-refractivity contribution in [3.63, 3.8) is 0 Å². The van der Waals surface area contributed by atoms with Crippen LogP contribution in [-0.2, 0) is 0 Å². The van der Waals surface area contributed by atoms with Gasteiger partial charge in [0.05, 0.1) is 0 Å². The largest absolute Gasteiger partial charge is 0.482 e. The van der Waals surface area contributed by atoms with Crippen molar-refractivity contribution < 1.29 is 27.8 Å². The first-order chi connectivity index (χ1) is 7.29. The Morgan fingerprint density at radius 1 is 1.56 bits per heavy atom. The molecule has 1 aromatic heterocycles. The average molecular weight is 235 g/mol. The van der Waals surface area contributed by atoms with E-state index in [1.165, 1.54) is 12.3 Å². The number of alkyl halides is 3. The summed E-state index contributed by atoms with van der Waals surface area (Å²) in [5.41, 5.74) is -0.0166. The molecule has 1 aromatic rings. The number of rotatable bonds is 3. The summed E-state index contributed by atoms with van der Waals surface area (Å²) >= 11 is 0. The van der Waals surface area contributed by atoms with Crippen LogP contribution in [0, 0.1) is 6.92 Å². The van der Waals surface area contributed by atoms with Crippen LogP contribution in [0.2, 0.25) is 0 Å². The van der Waals surface area contributed by atoms with Crippen molar-refractivity contribution in [2.75, 3.05) is 6.61 Å². The van der Waals surface area contributed by atoms with Gasteiger partial charge in [0, 0.05) is 6.20 Å². The van der Waals surface area contributed by atoms with E-state index in [0.29, 0.717) is 5.56 Å². The standard InChI is InChI=1S/C9H8F3NO3/c1-5-2-6(16-4-9(10,11)12)7(8(14)15)13-3-5/h2-3H,4H2,1H3,(H,14,15). The molecule has 1 N–H and O–H groups in total. The molecule has 0 atom stereocenters. The second-order valence-electron chi connectivity index (χ2n) is 3.07. The average Bonchev–Trinajstić information content (AvgIpc) is 2.13. The quantitative estimate of drug-likeness (QED) is 0.870. The van der Waals surface area contributed by atoms with Gasteiger partial charge in [0.2, 0.25) is 0 Å². The number of aromatic nitrogens is 1. The van der Waals surface area contributed by atoms with Crippen LogP contribution in [0.25, 0.3) is 0 Å². The first-order valence-electron chi connectivity index (χ1n) is 4.19. The van der Waals surface area contributed by atoms with Gasteiger partial charge in [-0.2, -0.15) is 13.2 Å². The molecule has 1 heterocycles. The van der Waals surface area contributed by atoms with Crippen molar-refractivity contribution in [1.29, 1.82) is 0 Å². The number of hydrogen-bond donors (Lipinski definition) is 1. The molecule has 0 aliphatic carbocycles. The summed E-state index contributed by atoms with van der Waals surface area (Å²) in [6, 6.07) is 1.20. The third-order valence-electron chi connectivity index (χ3n) is 1.58. The molecule has 7 heteroatoms. The zero-order valence-corrected chi connectivity index (χ0v) is 8.21. The van der Waals surface area contributed by atoms with E-state index in [4.69, 9.17) is 5.11 Å². The van der Waals surface area contributed by atoms with Crippen LogP contribution in [0.3, 0.4) is 0 Å². The summed E-state index contributed by atoms with van der Waals surface area (Å²) in [5, 5.41) is 8.66. The number of carboxylic acids is 1. The third kappa shape index (κ3) is 3.41. The van der Waals surface area contributed by atoms with Crippen LogP contribution in [0.1, 0.15) is 16.1 Å². The van der Waals surface area contributed by atoms with E-state index in [2.05, 4.69) is 9.72 Å². The van der Waals surface area contributed by atoms with E-state index >= 15 is 0 Å². The molecular formula is C9H8F3NO3. The topological polar surface area (TPSA) is 59.4 Å². The number of halogens is 3. The van der Waals surface area contributed by atoms with Gasteiger partial charge in [-0.15, -0.1) is 0 Å². The second-order valence-corrected chi connectivity index (χ2v) is 3.07. The fraction of sp³-hybridized carbons (Fsp3) is 0.333. The number of ether oxygens (including phenoxy) is 1. The van der Waals surface area contributed by atoms with Crippen LogP contribution >= 0.6 is 0 Å². The van der Waals surface area contributed by atoms with Crippen LogP contribution in [0.4, 0.5) is 13.2 Å². The minimum Gasteiger partial charge on any atom is -0.482 e. The van der Waals surface area contributed by atoms with E-state index < -0.39 is 24.4 Å². The molecule has 4 nitrogen and oxygen atoms in total. The van der Waals surface area contributed by atoms with Gasteiger partial charge in [-0.3, -0.25) is 0 Å². The number of nitrogens with zero attached hydrogens (tertiary/aromatic N) is 1. The number of pyridine rings is 1. The summed E-state index contributed by atoms with van der Waals surface area (Å²) in [6.07, 6.45) is -3.27. The molecule has 0 spiro atoms. The Labute approximate surface area is 88.7 Å². The van der Waals surface area contributed by atoms with Crippen molar-refractivity contribution in [1.82, 2.24) is 4.98 Å². The Bertz CT molecular complexity index is 403. The van der Waals surface area contributed by atoms with Crippen LogP contribution in [-0.4, -0.2) is 28.8 Å². The van der Waals surface area contributed by atoms with Crippen molar-refractivity contribution >= 4 is 5.97 Å². The maximum atomic E-state index is 11.9. The molecule has 1 rings (SSSR count). The zero-order valence-electron chi connectivity index (χ0n) is 8.21. The van der Waals surface area contributed by atoms with E-state index in [1.807, 2.05) is 0 Å². The van der Waals surface area contributed by atoms with Crippen LogP contribution < -0.4 is 4.74 Å². The highest BCUT2D eigenvalue weighted by Crippen LogP contribution is 2.21. The lowest BCUT2D eigenvalue weighted by atomic mass is 10.2. The molecule has 0 aromatic carbocycles. The molecule has 0 bridgehead atoms. The van der Waals surface area contributed by atoms with Gasteiger partial charge < -0.3 is 9.84 Å². The molecule has 0 aliphatic heterocycles. The Kier molecular flexibility index (Phi) is 3.36. The molecular weight excluding hydrogens is 227 g/mol. The van der Waals surface area contributed by atoms with Crippen molar-refractivity contribution in [3.8, 4) is 5.75 Å². The Morgan fingerprint density at radius 2 is 2.19 bits per heavy atom. The Balaban J connectivity index is 2.93. The molecule has 88 valence electrons. The molecule has 0 saturated carbocycles. The fourth-order valence-electron chi connectivity index (χ4n) is 0.973. The summed E-state index contributed by atoms with van der Waals surface area (Å²) in [5.74, 6) is -1.82. The predicted octanol–water partition coefficient (Wildman–Crippen LogP) is 2.03. The molecule has 0 aliphatic rings. The van der Waals surface area contributed by atoms with E-state index in [0.717, 1.165) is 0 Å². The van der Waals surface area contributed by atoms with Crippen LogP contribution in [0.5, 0.6) is 5.75 Å². The van der Waals surface area contributed by atoms with Gasteiger partial charge in [0.25, 0.3) is 0 Å². The maximum absolute atomic E-state index is 11.9. The maximum Gasteiger partial charge on any atom is 0.422 e. The number of hydrogen-bond acceptors (Lipinski definition) is 3. The normalized spacial score (nSPS) is 11.2. The van der Waals surface area contributed by atoms with Crippen molar-refractivity contribution in [2.45, 2.75) is 13.1 Å². The summed E-state index contributed by atoms with van der Waals surface area (Å²) in [4.78, 5) is 14.1. The lowest BCUT2D eigenvalue weighted by Gasteiger charge is -2.11. The van der Waals surface area contributed by atoms with E-state index in [9.17, 15) is 18.0 Å². The molecule has 0 radical (unpaired) electrons. The first kappa shape index (κ1) is 12.3. The third-order valence-corrected chi connectivity index (χ3v) is 1.58. The highest BCUT2D eigenvalue weighted by molar-refractivity contribution is 5.88. The van der Waals surface area contributed by atoms with Gasteiger partial charge in [-0.1, -0.05) is 0 Å². The number of carboxylic acid groups (broad SMARTS) is 1. The smallest absolute Gasteiger partial charge is 0.422 e. The lowest BCUT2D eigenvalue weighted by molar-refractivity contribution is -0.153. The van der Waals surface area contributed by atoms with Crippen molar-refractivity contribution in [3.05, 3.63) is 23.5 Å². The molecule has 0 saturated heterocycles. The number of aromatic carboxylic acids is 1. The van der Waals surface area contributed by atoms with Crippen molar-refractivity contribution in [2.24, 2.45) is 0 Å². The van der Waals surface area contributed by atoms with Gasteiger partial charge in [-0.25, -0.2) is 9.78 Å².